The van der Waals surface area contributed by atoms with Gasteiger partial charge in [-0.15, -0.1) is 11.3 Å². The Kier molecular flexibility index (Phi) is 4.20. The first-order valence-corrected chi connectivity index (χ1v) is 8.15. The summed E-state index contributed by atoms with van der Waals surface area (Å²) >= 11 is 1.72. The number of amides is 2. The number of urea groups is 1. The van der Waals surface area contributed by atoms with Crippen LogP contribution in [-0.4, -0.2) is 22.5 Å². The van der Waals surface area contributed by atoms with Gasteiger partial charge in [-0.05, 0) is 43.3 Å². The van der Waals surface area contributed by atoms with E-state index in [-0.39, 0.29) is 18.1 Å². The predicted octanol–water partition coefficient (Wildman–Crippen LogP) is 3.75. The van der Waals surface area contributed by atoms with Crippen LogP contribution in [0.25, 0.3) is 0 Å². The predicted molar refractivity (Wildman–Crippen MR) is 84.2 cm³/mol. The summed E-state index contributed by atoms with van der Waals surface area (Å²) in [5.74, 6) is 0. The Labute approximate surface area is 128 Å². The number of carbonyl (C=O) groups is 1. The standard InChI is InChI=1S/C16H19N3OS/c1-12(13-6-2-3-9-17-13)18-16(20)19-10-4-7-14(19)15-8-5-11-21-15/h2-3,5-6,8-9,11-12,14H,4,7,10H2,1H3,(H,18,20)/t12-,14+/m1/s1. The third-order valence-electron chi connectivity index (χ3n) is 3.86. The molecule has 2 amide bonds. The van der Waals surface area contributed by atoms with E-state index in [2.05, 4.69) is 21.7 Å². The molecule has 3 rings (SSSR count). The highest BCUT2D eigenvalue weighted by Gasteiger charge is 2.31. The molecule has 0 aliphatic carbocycles. The third-order valence-corrected chi connectivity index (χ3v) is 4.83. The Bertz CT molecular complexity index is 585. The molecule has 1 aliphatic rings. The molecule has 0 spiro atoms. The molecule has 5 heteroatoms. The van der Waals surface area contributed by atoms with Gasteiger partial charge < -0.3 is 10.2 Å². The monoisotopic (exact) mass is 301 g/mol. The molecule has 2 aromatic heterocycles. The quantitative estimate of drug-likeness (QED) is 0.938. The molecule has 110 valence electrons. The number of likely N-dealkylation sites (tertiary alicyclic amines) is 1. The van der Waals surface area contributed by atoms with Crippen LogP contribution in [0.1, 0.15) is 42.4 Å². The molecule has 0 radical (unpaired) electrons. The summed E-state index contributed by atoms with van der Waals surface area (Å²) in [5.41, 5.74) is 0.887. The van der Waals surface area contributed by atoms with Crippen LogP contribution in [0.3, 0.4) is 0 Å². The number of rotatable bonds is 3. The van der Waals surface area contributed by atoms with Gasteiger partial charge in [-0.2, -0.15) is 0 Å². The maximum absolute atomic E-state index is 12.5. The normalized spacial score (nSPS) is 19.5. The van der Waals surface area contributed by atoms with Gasteiger partial charge in [-0.1, -0.05) is 12.1 Å². The smallest absolute Gasteiger partial charge is 0.318 e. The molecule has 1 saturated heterocycles. The zero-order valence-electron chi connectivity index (χ0n) is 12.0. The molecule has 0 saturated carbocycles. The highest BCUT2D eigenvalue weighted by Crippen LogP contribution is 2.34. The van der Waals surface area contributed by atoms with Crippen LogP contribution in [0.15, 0.2) is 41.9 Å². The van der Waals surface area contributed by atoms with Gasteiger partial charge in [0.1, 0.15) is 0 Å². The van der Waals surface area contributed by atoms with E-state index in [1.807, 2.05) is 36.1 Å². The van der Waals surface area contributed by atoms with Gasteiger partial charge in [0.05, 0.1) is 17.8 Å². The third kappa shape index (κ3) is 3.08. The van der Waals surface area contributed by atoms with E-state index in [0.717, 1.165) is 25.1 Å². The van der Waals surface area contributed by atoms with Crippen molar-refractivity contribution >= 4 is 17.4 Å². The summed E-state index contributed by atoms with van der Waals surface area (Å²) < 4.78 is 0. The number of hydrogen-bond acceptors (Lipinski definition) is 3. The number of aromatic nitrogens is 1. The highest BCUT2D eigenvalue weighted by atomic mass is 32.1. The number of carbonyl (C=O) groups excluding carboxylic acids is 1. The number of pyridine rings is 1. The lowest BCUT2D eigenvalue weighted by Crippen LogP contribution is -2.40. The van der Waals surface area contributed by atoms with Crippen molar-refractivity contribution in [3.05, 3.63) is 52.5 Å². The molecular formula is C16H19N3OS. The Morgan fingerprint density at radius 1 is 1.43 bits per heavy atom. The maximum atomic E-state index is 12.5. The van der Waals surface area contributed by atoms with Crippen LogP contribution in [0, 0.1) is 0 Å². The SMILES string of the molecule is C[C@@H](NC(=O)N1CCC[C@H]1c1cccs1)c1ccccn1. The van der Waals surface area contributed by atoms with E-state index in [0.29, 0.717) is 0 Å². The van der Waals surface area contributed by atoms with Gasteiger partial charge in [0.25, 0.3) is 0 Å². The van der Waals surface area contributed by atoms with E-state index < -0.39 is 0 Å². The van der Waals surface area contributed by atoms with Crippen LogP contribution in [-0.2, 0) is 0 Å². The fourth-order valence-corrected chi connectivity index (χ4v) is 3.63. The summed E-state index contributed by atoms with van der Waals surface area (Å²) in [4.78, 5) is 20.0. The van der Waals surface area contributed by atoms with E-state index in [9.17, 15) is 4.79 Å². The van der Waals surface area contributed by atoms with E-state index in [1.165, 1.54) is 4.88 Å². The molecule has 2 atom stereocenters. The highest BCUT2D eigenvalue weighted by molar-refractivity contribution is 7.10. The van der Waals surface area contributed by atoms with Gasteiger partial charge >= 0.3 is 6.03 Å². The average Bonchev–Trinajstić information content (AvgIpc) is 3.18. The maximum Gasteiger partial charge on any atom is 0.318 e. The van der Waals surface area contributed by atoms with E-state index in [1.54, 1.807) is 17.5 Å². The molecule has 1 aliphatic heterocycles. The second-order valence-corrected chi connectivity index (χ2v) is 6.27. The summed E-state index contributed by atoms with van der Waals surface area (Å²) in [6, 6.07) is 10.1. The first-order chi connectivity index (χ1) is 10.3. The zero-order chi connectivity index (χ0) is 14.7. The fraction of sp³-hybridized carbons (Fsp3) is 0.375. The molecule has 3 heterocycles. The van der Waals surface area contributed by atoms with Gasteiger partial charge in [0.15, 0.2) is 0 Å². The zero-order valence-corrected chi connectivity index (χ0v) is 12.8. The average molecular weight is 301 g/mol. The fourth-order valence-electron chi connectivity index (χ4n) is 2.76. The molecule has 2 aromatic rings. The minimum absolute atomic E-state index is 0.00375. The lowest BCUT2D eigenvalue weighted by Gasteiger charge is -2.26. The number of nitrogens with one attached hydrogen (secondary N) is 1. The lowest BCUT2D eigenvalue weighted by atomic mass is 10.2. The molecule has 1 fully saturated rings. The van der Waals surface area contributed by atoms with Crippen molar-refractivity contribution in [3.63, 3.8) is 0 Å². The van der Waals surface area contributed by atoms with Crippen molar-refractivity contribution in [2.45, 2.75) is 31.8 Å². The molecular weight excluding hydrogens is 282 g/mol. The summed E-state index contributed by atoms with van der Waals surface area (Å²) in [7, 11) is 0. The number of nitrogens with zero attached hydrogens (tertiary/aromatic N) is 2. The summed E-state index contributed by atoms with van der Waals surface area (Å²) in [5, 5.41) is 5.13. The molecule has 4 nitrogen and oxygen atoms in total. The Morgan fingerprint density at radius 3 is 3.05 bits per heavy atom. The van der Waals surface area contributed by atoms with E-state index in [4.69, 9.17) is 0 Å². The second kappa shape index (κ2) is 6.26. The van der Waals surface area contributed by atoms with Crippen LogP contribution >= 0.6 is 11.3 Å². The Morgan fingerprint density at radius 2 is 2.33 bits per heavy atom. The molecule has 0 unspecified atom stereocenters. The lowest BCUT2D eigenvalue weighted by molar-refractivity contribution is 0.190. The van der Waals surface area contributed by atoms with Crippen LogP contribution < -0.4 is 5.32 Å². The largest absolute Gasteiger partial charge is 0.330 e. The van der Waals surface area contributed by atoms with Crippen molar-refractivity contribution < 1.29 is 4.79 Å². The van der Waals surface area contributed by atoms with Crippen molar-refractivity contribution in [2.24, 2.45) is 0 Å². The second-order valence-electron chi connectivity index (χ2n) is 5.29. The summed E-state index contributed by atoms with van der Waals surface area (Å²) in [6.07, 6.45) is 3.86. The topological polar surface area (TPSA) is 45.2 Å². The number of hydrogen-bond donors (Lipinski definition) is 1. The Balaban J connectivity index is 1.67. The molecule has 21 heavy (non-hydrogen) atoms. The minimum Gasteiger partial charge on any atom is -0.330 e. The van der Waals surface area contributed by atoms with Crippen molar-refractivity contribution in [3.8, 4) is 0 Å². The summed E-state index contributed by atoms with van der Waals surface area (Å²) in [6.45, 7) is 2.79. The molecule has 0 aromatic carbocycles. The van der Waals surface area contributed by atoms with Gasteiger partial charge in [0.2, 0.25) is 0 Å². The Hall–Kier alpha value is -1.88. The van der Waals surface area contributed by atoms with Crippen LogP contribution in [0.5, 0.6) is 0 Å². The van der Waals surface area contributed by atoms with Gasteiger partial charge in [0, 0.05) is 17.6 Å². The first kappa shape index (κ1) is 14.1. The first-order valence-electron chi connectivity index (χ1n) is 7.27. The van der Waals surface area contributed by atoms with Crippen LogP contribution in [0.2, 0.25) is 0 Å². The molecule has 0 bridgehead atoms. The van der Waals surface area contributed by atoms with Gasteiger partial charge in [-0.25, -0.2) is 4.79 Å². The molecule has 1 N–H and O–H groups in total. The van der Waals surface area contributed by atoms with Crippen LogP contribution in [0.4, 0.5) is 4.79 Å². The minimum atomic E-state index is -0.0803. The van der Waals surface area contributed by atoms with Crippen molar-refractivity contribution in [1.29, 1.82) is 0 Å². The van der Waals surface area contributed by atoms with Crippen molar-refractivity contribution in [2.75, 3.05) is 6.54 Å². The number of thiophene rings is 1. The van der Waals surface area contributed by atoms with E-state index >= 15 is 0 Å². The van der Waals surface area contributed by atoms with Gasteiger partial charge in [-0.3, -0.25) is 4.98 Å². The van der Waals surface area contributed by atoms with Crippen molar-refractivity contribution in [1.82, 2.24) is 15.2 Å².